The zero-order valence-corrected chi connectivity index (χ0v) is 8.88. The lowest BCUT2D eigenvalue weighted by molar-refractivity contribution is 0.00445. The van der Waals surface area contributed by atoms with Crippen molar-refractivity contribution in [2.45, 2.75) is 44.1 Å². The van der Waals surface area contributed by atoms with Gasteiger partial charge in [0.2, 0.25) is 0 Å². The molecule has 1 N–H and O–H groups in total. The summed E-state index contributed by atoms with van der Waals surface area (Å²) in [5, 5.41) is 10.3. The van der Waals surface area contributed by atoms with Crippen molar-refractivity contribution in [3.8, 4) is 0 Å². The molecule has 2 rings (SSSR count). The predicted molar refractivity (Wildman–Crippen MR) is 58.1 cm³/mol. The van der Waals surface area contributed by atoms with Crippen LogP contribution in [0.4, 0.5) is 4.39 Å². The first-order valence-corrected chi connectivity index (χ1v) is 5.65. The second-order valence-electron chi connectivity index (χ2n) is 4.59. The normalized spacial score (nSPS) is 20.1. The number of hydrogen-bond donors (Lipinski definition) is 1. The van der Waals surface area contributed by atoms with Gasteiger partial charge in [0.15, 0.2) is 0 Å². The molecule has 0 heterocycles. The van der Waals surface area contributed by atoms with Crippen molar-refractivity contribution in [3.05, 3.63) is 35.6 Å². The fourth-order valence-corrected chi connectivity index (χ4v) is 2.41. The third-order valence-electron chi connectivity index (χ3n) is 3.21. The standard InChI is InChI=1S/C13H17FO/c14-12-6-4-5-11(9-12)10-13(15)7-2-1-3-8-13/h4-6,9,15H,1-3,7-8,10H2. The van der Waals surface area contributed by atoms with E-state index in [9.17, 15) is 9.50 Å². The summed E-state index contributed by atoms with van der Waals surface area (Å²) >= 11 is 0. The average Bonchev–Trinajstić information content (AvgIpc) is 2.18. The van der Waals surface area contributed by atoms with Gasteiger partial charge in [0.1, 0.15) is 5.82 Å². The van der Waals surface area contributed by atoms with Crippen LogP contribution in [0.1, 0.15) is 37.7 Å². The average molecular weight is 208 g/mol. The van der Waals surface area contributed by atoms with Crippen molar-refractivity contribution in [3.63, 3.8) is 0 Å². The fourth-order valence-electron chi connectivity index (χ4n) is 2.41. The van der Waals surface area contributed by atoms with Crippen molar-refractivity contribution in [1.29, 1.82) is 0 Å². The molecular formula is C13H17FO. The third-order valence-corrected chi connectivity index (χ3v) is 3.21. The predicted octanol–water partition coefficient (Wildman–Crippen LogP) is 3.06. The van der Waals surface area contributed by atoms with E-state index >= 15 is 0 Å². The monoisotopic (exact) mass is 208 g/mol. The molecule has 0 saturated heterocycles. The maximum atomic E-state index is 13.0. The van der Waals surface area contributed by atoms with E-state index in [1.165, 1.54) is 18.6 Å². The highest BCUT2D eigenvalue weighted by molar-refractivity contribution is 5.18. The first-order chi connectivity index (χ1) is 7.18. The summed E-state index contributed by atoms with van der Waals surface area (Å²) in [5.41, 5.74) is 0.311. The molecule has 1 aliphatic carbocycles. The summed E-state index contributed by atoms with van der Waals surface area (Å²) in [7, 11) is 0. The van der Waals surface area contributed by atoms with E-state index in [4.69, 9.17) is 0 Å². The van der Waals surface area contributed by atoms with Gasteiger partial charge in [-0.05, 0) is 30.5 Å². The lowest BCUT2D eigenvalue weighted by atomic mass is 9.80. The quantitative estimate of drug-likeness (QED) is 0.792. The summed E-state index contributed by atoms with van der Waals surface area (Å²) in [6.07, 6.45) is 5.68. The Morgan fingerprint density at radius 1 is 1.20 bits per heavy atom. The molecule has 1 saturated carbocycles. The second kappa shape index (κ2) is 4.31. The Morgan fingerprint density at radius 3 is 2.60 bits per heavy atom. The molecule has 0 aliphatic heterocycles. The van der Waals surface area contributed by atoms with E-state index in [2.05, 4.69) is 0 Å². The van der Waals surface area contributed by atoms with Crippen molar-refractivity contribution >= 4 is 0 Å². The molecule has 82 valence electrons. The molecule has 0 spiro atoms. The molecule has 0 bridgehead atoms. The number of rotatable bonds is 2. The third kappa shape index (κ3) is 2.78. The van der Waals surface area contributed by atoms with Crippen LogP contribution in [0, 0.1) is 5.82 Å². The SMILES string of the molecule is OC1(Cc2cccc(F)c2)CCCCC1. The lowest BCUT2D eigenvalue weighted by Crippen LogP contribution is -2.33. The van der Waals surface area contributed by atoms with E-state index in [-0.39, 0.29) is 5.82 Å². The molecule has 1 aliphatic rings. The minimum Gasteiger partial charge on any atom is -0.390 e. The summed E-state index contributed by atoms with van der Waals surface area (Å²) < 4.78 is 13.0. The number of benzene rings is 1. The van der Waals surface area contributed by atoms with Gasteiger partial charge < -0.3 is 5.11 Å². The fraction of sp³-hybridized carbons (Fsp3) is 0.538. The Balaban J connectivity index is 2.06. The topological polar surface area (TPSA) is 20.2 Å². The maximum Gasteiger partial charge on any atom is 0.123 e. The van der Waals surface area contributed by atoms with Gasteiger partial charge in [0.05, 0.1) is 5.60 Å². The van der Waals surface area contributed by atoms with Crippen LogP contribution in [-0.4, -0.2) is 10.7 Å². The maximum absolute atomic E-state index is 13.0. The van der Waals surface area contributed by atoms with Crippen molar-refractivity contribution in [2.24, 2.45) is 0 Å². The van der Waals surface area contributed by atoms with Crippen LogP contribution < -0.4 is 0 Å². The molecule has 0 unspecified atom stereocenters. The molecule has 1 nitrogen and oxygen atoms in total. The van der Waals surface area contributed by atoms with Crippen molar-refractivity contribution < 1.29 is 9.50 Å². The van der Waals surface area contributed by atoms with Gasteiger partial charge in [-0.25, -0.2) is 4.39 Å². The van der Waals surface area contributed by atoms with Crippen LogP contribution in [0.2, 0.25) is 0 Å². The lowest BCUT2D eigenvalue weighted by Gasteiger charge is -2.32. The molecule has 0 amide bonds. The first-order valence-electron chi connectivity index (χ1n) is 5.65. The molecule has 0 atom stereocenters. The van der Waals surface area contributed by atoms with Crippen molar-refractivity contribution in [1.82, 2.24) is 0 Å². The highest BCUT2D eigenvalue weighted by Crippen LogP contribution is 2.31. The van der Waals surface area contributed by atoms with Gasteiger partial charge in [0, 0.05) is 6.42 Å². The van der Waals surface area contributed by atoms with E-state index < -0.39 is 5.60 Å². The summed E-state index contributed by atoms with van der Waals surface area (Å²) in [6.45, 7) is 0. The van der Waals surface area contributed by atoms with Gasteiger partial charge >= 0.3 is 0 Å². The zero-order chi connectivity index (χ0) is 10.7. The van der Waals surface area contributed by atoms with Gasteiger partial charge in [-0.2, -0.15) is 0 Å². The molecular weight excluding hydrogens is 191 g/mol. The largest absolute Gasteiger partial charge is 0.390 e. The van der Waals surface area contributed by atoms with E-state index in [1.54, 1.807) is 6.07 Å². The first kappa shape index (κ1) is 10.6. The van der Waals surface area contributed by atoms with Crippen LogP contribution in [0.25, 0.3) is 0 Å². The van der Waals surface area contributed by atoms with E-state index in [0.717, 1.165) is 31.2 Å². The minimum absolute atomic E-state index is 0.216. The summed E-state index contributed by atoms with van der Waals surface area (Å²) in [4.78, 5) is 0. The number of halogens is 1. The van der Waals surface area contributed by atoms with Crippen LogP contribution in [0.15, 0.2) is 24.3 Å². The van der Waals surface area contributed by atoms with E-state index in [1.807, 2.05) is 6.07 Å². The Morgan fingerprint density at radius 2 is 1.93 bits per heavy atom. The molecule has 2 heteroatoms. The van der Waals surface area contributed by atoms with Crippen LogP contribution in [0.5, 0.6) is 0 Å². The molecule has 0 aromatic heterocycles. The van der Waals surface area contributed by atoms with Crippen LogP contribution in [-0.2, 0) is 6.42 Å². The molecule has 1 fully saturated rings. The van der Waals surface area contributed by atoms with Gasteiger partial charge in [-0.3, -0.25) is 0 Å². The Labute approximate surface area is 89.9 Å². The minimum atomic E-state index is -0.591. The van der Waals surface area contributed by atoms with Crippen LogP contribution >= 0.6 is 0 Å². The number of hydrogen-bond acceptors (Lipinski definition) is 1. The van der Waals surface area contributed by atoms with E-state index in [0.29, 0.717) is 6.42 Å². The van der Waals surface area contributed by atoms with Gasteiger partial charge in [-0.1, -0.05) is 31.4 Å². The summed E-state index contributed by atoms with van der Waals surface area (Å²) in [5.74, 6) is -0.216. The zero-order valence-electron chi connectivity index (χ0n) is 8.88. The highest BCUT2D eigenvalue weighted by Gasteiger charge is 2.29. The number of aliphatic hydroxyl groups is 1. The summed E-state index contributed by atoms with van der Waals surface area (Å²) in [6, 6.07) is 6.55. The molecule has 1 aromatic rings. The van der Waals surface area contributed by atoms with Crippen molar-refractivity contribution in [2.75, 3.05) is 0 Å². The molecule has 0 radical (unpaired) electrons. The van der Waals surface area contributed by atoms with Crippen LogP contribution in [0.3, 0.4) is 0 Å². The highest BCUT2D eigenvalue weighted by atomic mass is 19.1. The Hall–Kier alpha value is -0.890. The Kier molecular flexibility index (Phi) is 3.06. The molecule has 15 heavy (non-hydrogen) atoms. The molecule has 1 aromatic carbocycles. The Bertz CT molecular complexity index is 329. The van der Waals surface area contributed by atoms with Gasteiger partial charge in [0.25, 0.3) is 0 Å². The smallest absolute Gasteiger partial charge is 0.123 e. The second-order valence-corrected chi connectivity index (χ2v) is 4.59. The van der Waals surface area contributed by atoms with Gasteiger partial charge in [-0.15, -0.1) is 0 Å².